The van der Waals surface area contributed by atoms with Gasteiger partial charge in [0.15, 0.2) is 0 Å². The number of hydrogen-bond acceptors (Lipinski definition) is 0. The summed E-state index contributed by atoms with van der Waals surface area (Å²) in [6.45, 7) is 23.5. The lowest BCUT2D eigenvalue weighted by Gasteiger charge is -2.41. The van der Waals surface area contributed by atoms with E-state index in [4.69, 9.17) is 12.8 Å². The first-order chi connectivity index (χ1) is 10.6. The average Bonchev–Trinajstić information content (AvgIpc) is 2.43. The molecule has 0 aliphatic rings. The number of benzene rings is 1. The van der Waals surface area contributed by atoms with E-state index in [2.05, 4.69) is 91.7 Å². The maximum Gasteiger partial charge on any atom is 0.0876 e. The van der Waals surface area contributed by atoms with Gasteiger partial charge in [0.1, 0.15) is 0 Å². The van der Waals surface area contributed by atoms with Crippen LogP contribution in [0.1, 0.15) is 52.7 Å². The van der Waals surface area contributed by atoms with E-state index in [-0.39, 0.29) is 10.1 Å². The van der Waals surface area contributed by atoms with Gasteiger partial charge in [0.05, 0.1) is 16.1 Å². The molecule has 0 radical (unpaired) electrons. The number of terminal acetylenes is 2. The van der Waals surface area contributed by atoms with Crippen molar-refractivity contribution in [2.75, 3.05) is 0 Å². The first-order valence-corrected chi connectivity index (χ1v) is 14.7. The van der Waals surface area contributed by atoms with Gasteiger partial charge in [0.25, 0.3) is 0 Å². The van der Waals surface area contributed by atoms with Crippen molar-refractivity contribution in [2.24, 2.45) is 0 Å². The Labute approximate surface area is 152 Å². The van der Waals surface area contributed by atoms with E-state index in [1.54, 1.807) is 0 Å². The maximum atomic E-state index is 5.94. The third-order valence-electron chi connectivity index (χ3n) is 6.57. The Morgan fingerprint density at radius 2 is 0.917 bits per heavy atom. The second kappa shape index (κ2) is 6.25. The van der Waals surface area contributed by atoms with Gasteiger partial charge in [-0.05, 0) is 32.6 Å². The Morgan fingerprint density at radius 3 is 1.08 bits per heavy atom. The van der Waals surface area contributed by atoms with Crippen molar-refractivity contribution in [3.05, 3.63) is 23.3 Å². The average molecular weight is 355 g/mol. The van der Waals surface area contributed by atoms with Gasteiger partial charge >= 0.3 is 0 Å². The predicted octanol–water partition coefficient (Wildman–Crippen LogP) is 5.08. The molecule has 0 saturated heterocycles. The summed E-state index contributed by atoms with van der Waals surface area (Å²) in [6.07, 6.45) is 11.9. The van der Waals surface area contributed by atoms with Crippen molar-refractivity contribution in [1.82, 2.24) is 0 Å². The molecule has 0 unspecified atom stereocenters. The van der Waals surface area contributed by atoms with Crippen LogP contribution in [0.25, 0.3) is 0 Å². The van der Waals surface area contributed by atoms with Gasteiger partial charge in [-0.25, -0.2) is 0 Å². The van der Waals surface area contributed by atoms with Crippen LogP contribution in [0, 0.1) is 24.7 Å². The quantitative estimate of drug-likeness (QED) is 0.513. The van der Waals surface area contributed by atoms with Crippen LogP contribution in [0.5, 0.6) is 0 Å². The lowest BCUT2D eigenvalue weighted by molar-refractivity contribution is 0.728. The highest BCUT2D eigenvalue weighted by Gasteiger charge is 2.42. The fraction of sp³-hybridized carbons (Fsp3) is 0.545. The summed E-state index contributed by atoms with van der Waals surface area (Å²) in [5, 5.41) is 3.10. The molecule has 24 heavy (non-hydrogen) atoms. The van der Waals surface area contributed by atoms with Crippen LogP contribution in [-0.4, -0.2) is 16.1 Å². The molecule has 1 rings (SSSR count). The third-order valence-corrected chi connectivity index (χ3v) is 17.6. The highest BCUT2D eigenvalue weighted by molar-refractivity contribution is 6.94. The van der Waals surface area contributed by atoms with Crippen LogP contribution in [0.4, 0.5) is 0 Å². The standard InChI is InChI=1S/C22H34Si2/c1-13-17-15-20(24(11,12)22(6,7)8)18(14-2)16-19(17)23(9,10)21(3,4)5/h1-2,15-16H,3-12H3. The normalized spacial score (nSPS) is 13.3. The zero-order valence-electron chi connectivity index (χ0n) is 17.3. The zero-order chi connectivity index (χ0) is 19.1. The summed E-state index contributed by atoms with van der Waals surface area (Å²) in [4.78, 5) is 0. The minimum Gasteiger partial charge on any atom is -0.115 e. The van der Waals surface area contributed by atoms with Crippen LogP contribution in [0.2, 0.25) is 36.3 Å². The van der Waals surface area contributed by atoms with Crippen molar-refractivity contribution < 1.29 is 0 Å². The van der Waals surface area contributed by atoms with Gasteiger partial charge in [-0.3, -0.25) is 0 Å². The largest absolute Gasteiger partial charge is 0.115 e. The minimum atomic E-state index is -1.74. The molecule has 0 N–H and O–H groups in total. The van der Waals surface area contributed by atoms with Gasteiger partial charge in [-0.15, -0.1) is 12.8 Å². The molecular weight excluding hydrogens is 320 g/mol. The molecule has 0 bridgehead atoms. The molecular formula is C22H34Si2. The topological polar surface area (TPSA) is 0 Å². The molecule has 1 aromatic rings. The second-order valence-electron chi connectivity index (χ2n) is 9.98. The highest BCUT2D eigenvalue weighted by atomic mass is 28.3. The van der Waals surface area contributed by atoms with E-state index in [1.807, 2.05) is 0 Å². The molecule has 0 atom stereocenters. The summed E-state index contributed by atoms with van der Waals surface area (Å²) in [5.41, 5.74) is 2.11. The fourth-order valence-corrected chi connectivity index (χ4v) is 6.94. The van der Waals surface area contributed by atoms with E-state index < -0.39 is 16.1 Å². The van der Waals surface area contributed by atoms with Crippen LogP contribution >= 0.6 is 0 Å². The fourth-order valence-electron chi connectivity index (χ4n) is 2.68. The van der Waals surface area contributed by atoms with Crippen molar-refractivity contribution in [3.8, 4) is 24.7 Å². The van der Waals surface area contributed by atoms with Gasteiger partial charge in [0, 0.05) is 11.1 Å². The summed E-state index contributed by atoms with van der Waals surface area (Å²) in [5.74, 6) is 5.95. The van der Waals surface area contributed by atoms with Crippen molar-refractivity contribution >= 4 is 26.5 Å². The Balaban J connectivity index is 3.82. The smallest absolute Gasteiger partial charge is 0.0876 e. The van der Waals surface area contributed by atoms with Crippen LogP contribution in [0.3, 0.4) is 0 Å². The molecule has 2 heteroatoms. The van der Waals surface area contributed by atoms with Crippen LogP contribution in [-0.2, 0) is 0 Å². The van der Waals surface area contributed by atoms with Crippen molar-refractivity contribution in [3.63, 3.8) is 0 Å². The van der Waals surface area contributed by atoms with Crippen molar-refractivity contribution in [2.45, 2.75) is 77.8 Å². The summed E-state index contributed by atoms with van der Waals surface area (Å²) in [7, 11) is -3.49. The molecule has 0 nitrogen and oxygen atoms in total. The van der Waals surface area contributed by atoms with Crippen LogP contribution in [0.15, 0.2) is 12.1 Å². The molecule has 0 aliphatic heterocycles. The van der Waals surface area contributed by atoms with Crippen LogP contribution < -0.4 is 10.4 Å². The van der Waals surface area contributed by atoms with Gasteiger partial charge in [0.2, 0.25) is 0 Å². The first kappa shape index (κ1) is 20.8. The van der Waals surface area contributed by atoms with E-state index in [1.165, 1.54) is 10.4 Å². The van der Waals surface area contributed by atoms with Gasteiger partial charge in [-0.1, -0.05) is 79.6 Å². The molecule has 0 spiro atoms. The molecule has 130 valence electrons. The molecule has 0 aromatic heterocycles. The summed E-state index contributed by atoms with van der Waals surface area (Å²) in [6, 6.07) is 4.50. The van der Waals surface area contributed by atoms with Gasteiger partial charge < -0.3 is 0 Å². The summed E-state index contributed by atoms with van der Waals surface area (Å²) < 4.78 is 0. The Kier molecular flexibility index (Phi) is 5.42. The SMILES string of the molecule is C#Cc1cc([Si](C)(C)C(C)(C)C)c(C#C)cc1[Si](C)(C)C(C)(C)C. The Bertz CT molecular complexity index is 645. The molecule has 0 heterocycles. The monoisotopic (exact) mass is 354 g/mol. The molecule has 1 aromatic carbocycles. The summed E-state index contributed by atoms with van der Waals surface area (Å²) >= 11 is 0. The van der Waals surface area contributed by atoms with Crippen molar-refractivity contribution in [1.29, 1.82) is 0 Å². The predicted molar refractivity (Wildman–Crippen MR) is 116 cm³/mol. The highest BCUT2D eigenvalue weighted by Crippen LogP contribution is 2.38. The Morgan fingerprint density at radius 1 is 0.667 bits per heavy atom. The Hall–Kier alpha value is -1.23. The first-order valence-electron chi connectivity index (χ1n) is 8.73. The molecule has 0 fully saturated rings. The zero-order valence-corrected chi connectivity index (χ0v) is 19.3. The number of rotatable bonds is 2. The lowest BCUT2D eigenvalue weighted by Crippen LogP contribution is -2.55. The lowest BCUT2D eigenvalue weighted by atomic mass is 10.1. The van der Waals surface area contributed by atoms with E-state index in [9.17, 15) is 0 Å². The maximum absolute atomic E-state index is 5.94. The number of hydrogen-bond donors (Lipinski definition) is 0. The molecule has 0 aliphatic carbocycles. The second-order valence-corrected chi connectivity index (χ2v) is 20.6. The van der Waals surface area contributed by atoms with E-state index >= 15 is 0 Å². The van der Waals surface area contributed by atoms with E-state index in [0.29, 0.717) is 0 Å². The molecule has 0 saturated carbocycles. The minimum absolute atomic E-state index is 0.225. The molecule has 0 amide bonds. The van der Waals surface area contributed by atoms with E-state index in [0.717, 1.165) is 11.1 Å². The van der Waals surface area contributed by atoms with Gasteiger partial charge in [-0.2, -0.15) is 0 Å². The third kappa shape index (κ3) is 3.41.